The molecule has 0 saturated carbocycles. The molecule has 4 heterocycles. The van der Waals surface area contributed by atoms with Gasteiger partial charge >= 0.3 is 0 Å². The summed E-state index contributed by atoms with van der Waals surface area (Å²) < 4.78 is 1.61. The maximum Gasteiger partial charge on any atom is 0.257 e. The van der Waals surface area contributed by atoms with Crippen LogP contribution in [0, 0.1) is 6.92 Å². The Balaban J connectivity index is 1.53. The predicted molar refractivity (Wildman–Crippen MR) is 114 cm³/mol. The molecule has 0 fully saturated rings. The van der Waals surface area contributed by atoms with Crippen LogP contribution in [-0.2, 0) is 29.1 Å². The smallest absolute Gasteiger partial charge is 0.257 e. The van der Waals surface area contributed by atoms with Crippen LogP contribution in [0.25, 0.3) is 0 Å². The lowest BCUT2D eigenvalue weighted by molar-refractivity contribution is -0.132. The van der Waals surface area contributed by atoms with E-state index in [9.17, 15) is 19.2 Å². The molecule has 3 amide bonds. The summed E-state index contributed by atoms with van der Waals surface area (Å²) in [4.78, 5) is 55.7. The number of hydrogen-bond donors (Lipinski definition) is 0. The summed E-state index contributed by atoms with van der Waals surface area (Å²) in [5.41, 5.74) is 2.27. The molecule has 158 valence electrons. The Labute approximate surface area is 178 Å². The van der Waals surface area contributed by atoms with Crippen molar-refractivity contribution in [2.75, 3.05) is 32.1 Å². The number of thiophene rings is 1. The van der Waals surface area contributed by atoms with E-state index in [1.165, 1.54) is 22.3 Å². The van der Waals surface area contributed by atoms with Gasteiger partial charge in [-0.05, 0) is 25.0 Å². The molecule has 30 heavy (non-hydrogen) atoms. The lowest BCUT2D eigenvalue weighted by Crippen LogP contribution is -2.37. The lowest BCUT2D eigenvalue weighted by atomic mass is 10.0. The number of aryl methyl sites for hydroxylation is 1. The molecule has 0 spiro atoms. The summed E-state index contributed by atoms with van der Waals surface area (Å²) in [6, 6.07) is 5.06. The minimum absolute atomic E-state index is 0.0210. The van der Waals surface area contributed by atoms with Crippen molar-refractivity contribution in [1.29, 1.82) is 0 Å². The highest BCUT2D eigenvalue weighted by atomic mass is 32.1. The molecule has 0 unspecified atom stereocenters. The molecule has 0 bridgehead atoms. The first-order chi connectivity index (χ1) is 14.3. The number of nitrogens with zero attached hydrogens (tertiary/aromatic N) is 4. The minimum Gasteiger partial charge on any atom is -0.337 e. The summed E-state index contributed by atoms with van der Waals surface area (Å²) in [7, 11) is 3.33. The molecular weight excluding hydrogens is 404 g/mol. The van der Waals surface area contributed by atoms with E-state index in [0.717, 1.165) is 16.1 Å². The van der Waals surface area contributed by atoms with Gasteiger partial charge in [-0.1, -0.05) is 6.07 Å². The first kappa shape index (κ1) is 20.3. The van der Waals surface area contributed by atoms with E-state index in [4.69, 9.17) is 0 Å². The van der Waals surface area contributed by atoms with Gasteiger partial charge < -0.3 is 19.3 Å². The van der Waals surface area contributed by atoms with Gasteiger partial charge in [0, 0.05) is 50.2 Å². The number of amides is 3. The summed E-state index contributed by atoms with van der Waals surface area (Å²) in [6.45, 7) is 3.20. The van der Waals surface area contributed by atoms with Crippen molar-refractivity contribution in [2.45, 2.75) is 32.9 Å². The fourth-order valence-corrected chi connectivity index (χ4v) is 5.35. The average Bonchev–Trinajstić information content (AvgIpc) is 3.07. The maximum atomic E-state index is 12.8. The van der Waals surface area contributed by atoms with Crippen molar-refractivity contribution < 1.29 is 14.4 Å². The topological polar surface area (TPSA) is 82.9 Å². The van der Waals surface area contributed by atoms with Gasteiger partial charge in [0.2, 0.25) is 11.8 Å². The third kappa shape index (κ3) is 3.43. The number of hydrogen-bond acceptors (Lipinski definition) is 5. The fourth-order valence-electron chi connectivity index (χ4n) is 4.02. The highest BCUT2D eigenvalue weighted by Gasteiger charge is 2.36. The van der Waals surface area contributed by atoms with Crippen LogP contribution in [0.1, 0.15) is 32.9 Å². The van der Waals surface area contributed by atoms with Gasteiger partial charge in [-0.15, -0.1) is 11.3 Å². The Morgan fingerprint density at radius 3 is 2.63 bits per heavy atom. The quantitative estimate of drug-likeness (QED) is 0.737. The van der Waals surface area contributed by atoms with Gasteiger partial charge in [0.25, 0.3) is 11.5 Å². The Kier molecular flexibility index (Phi) is 5.23. The number of carbonyl (C=O) groups is 3. The van der Waals surface area contributed by atoms with Gasteiger partial charge in [0.15, 0.2) is 0 Å². The van der Waals surface area contributed by atoms with Crippen LogP contribution in [-0.4, -0.2) is 59.3 Å². The molecule has 9 heteroatoms. The second kappa shape index (κ2) is 7.71. The monoisotopic (exact) mass is 428 g/mol. The van der Waals surface area contributed by atoms with Crippen molar-refractivity contribution in [1.82, 2.24) is 14.4 Å². The Morgan fingerprint density at radius 1 is 1.13 bits per heavy atom. The van der Waals surface area contributed by atoms with Crippen LogP contribution in [0.15, 0.2) is 23.0 Å². The number of likely N-dealkylation sites (N-methyl/N-ethyl adjacent to an activating group) is 2. The van der Waals surface area contributed by atoms with E-state index in [-0.39, 0.29) is 36.2 Å². The van der Waals surface area contributed by atoms with Crippen molar-refractivity contribution in [3.8, 4) is 0 Å². The molecule has 0 aliphatic carbocycles. The molecule has 2 aliphatic heterocycles. The second-order valence-electron chi connectivity index (χ2n) is 7.77. The third-order valence-electron chi connectivity index (χ3n) is 5.82. The zero-order chi connectivity index (χ0) is 21.6. The minimum atomic E-state index is -0.140. The number of carbonyl (C=O) groups excluding carboxylic acids is 3. The molecule has 2 aromatic heterocycles. The second-order valence-corrected chi connectivity index (χ2v) is 8.85. The largest absolute Gasteiger partial charge is 0.337 e. The molecule has 0 aromatic carbocycles. The number of pyridine rings is 1. The number of aromatic nitrogens is 1. The third-order valence-corrected chi connectivity index (χ3v) is 7.11. The van der Waals surface area contributed by atoms with Crippen LogP contribution in [0.5, 0.6) is 0 Å². The van der Waals surface area contributed by atoms with E-state index in [0.29, 0.717) is 36.6 Å². The normalized spacial score (nSPS) is 16.4. The molecule has 2 aromatic rings. The van der Waals surface area contributed by atoms with E-state index >= 15 is 0 Å². The van der Waals surface area contributed by atoms with Gasteiger partial charge in [-0.3, -0.25) is 19.2 Å². The first-order valence-electron chi connectivity index (χ1n) is 9.88. The van der Waals surface area contributed by atoms with Crippen LogP contribution < -0.4 is 10.5 Å². The summed E-state index contributed by atoms with van der Waals surface area (Å²) in [5.74, 6) is -0.286. The molecular formula is C21H24N4O4S. The van der Waals surface area contributed by atoms with Crippen LogP contribution >= 0.6 is 11.3 Å². The van der Waals surface area contributed by atoms with Crippen molar-refractivity contribution in [3.63, 3.8) is 0 Å². The number of rotatable bonds is 3. The molecule has 0 N–H and O–H groups in total. The van der Waals surface area contributed by atoms with Gasteiger partial charge in [0.05, 0.1) is 12.1 Å². The Hall–Kier alpha value is -2.94. The van der Waals surface area contributed by atoms with Crippen molar-refractivity contribution >= 4 is 34.1 Å². The summed E-state index contributed by atoms with van der Waals surface area (Å²) >= 11 is 1.42. The average molecular weight is 429 g/mol. The predicted octanol–water partition coefficient (Wildman–Crippen LogP) is 1.24. The first-order valence-corrected chi connectivity index (χ1v) is 10.7. The molecule has 4 rings (SSSR count). The zero-order valence-electron chi connectivity index (χ0n) is 17.3. The van der Waals surface area contributed by atoms with Crippen molar-refractivity contribution in [3.05, 3.63) is 50.3 Å². The molecule has 2 aliphatic rings. The van der Waals surface area contributed by atoms with Crippen molar-refractivity contribution in [2.24, 2.45) is 0 Å². The SMILES string of the molecule is Cc1cccc(=O)n1CCC(=O)N1CCc2c(sc3c2C(=O)N(C)CC(=O)N3C)C1. The van der Waals surface area contributed by atoms with Crippen LogP contribution in [0.4, 0.5) is 5.00 Å². The number of fused-ring (bicyclic) bond motifs is 3. The van der Waals surface area contributed by atoms with E-state index in [1.807, 2.05) is 13.0 Å². The fraction of sp³-hybridized carbons (Fsp3) is 0.429. The molecule has 0 saturated heterocycles. The van der Waals surface area contributed by atoms with E-state index in [1.54, 1.807) is 34.5 Å². The molecule has 8 nitrogen and oxygen atoms in total. The summed E-state index contributed by atoms with van der Waals surface area (Å²) in [6.07, 6.45) is 0.823. The van der Waals surface area contributed by atoms with Crippen LogP contribution in [0.2, 0.25) is 0 Å². The Morgan fingerprint density at radius 2 is 1.90 bits per heavy atom. The highest BCUT2D eigenvalue weighted by Crippen LogP contribution is 2.40. The van der Waals surface area contributed by atoms with Gasteiger partial charge in [-0.2, -0.15) is 0 Å². The standard InChI is InChI=1S/C21H24N4O4S/c1-13-5-4-6-17(27)25(13)10-8-16(26)24-9-7-14-15(11-24)30-21-19(14)20(29)22(2)12-18(28)23(21)3/h4-6H,7-12H2,1-3H3. The van der Waals surface area contributed by atoms with Gasteiger partial charge in [-0.25, -0.2) is 0 Å². The lowest BCUT2D eigenvalue weighted by Gasteiger charge is -2.28. The Bertz CT molecular complexity index is 1100. The highest BCUT2D eigenvalue weighted by molar-refractivity contribution is 7.17. The maximum absolute atomic E-state index is 12.8. The van der Waals surface area contributed by atoms with Gasteiger partial charge in [0.1, 0.15) is 11.5 Å². The van der Waals surface area contributed by atoms with Crippen LogP contribution in [0.3, 0.4) is 0 Å². The molecule has 0 radical (unpaired) electrons. The molecule has 0 atom stereocenters. The van der Waals surface area contributed by atoms with E-state index in [2.05, 4.69) is 0 Å². The number of anilines is 1. The zero-order valence-corrected chi connectivity index (χ0v) is 18.1. The van der Waals surface area contributed by atoms with E-state index < -0.39 is 0 Å². The summed E-state index contributed by atoms with van der Waals surface area (Å²) in [5, 5.41) is 0.667.